The number of benzene rings is 1. The Kier molecular flexibility index (Phi) is 2.64. The van der Waals surface area contributed by atoms with Gasteiger partial charge < -0.3 is 0 Å². The number of piperidine rings is 1. The number of nitrogens with zero attached hydrogens (tertiary/aromatic N) is 1. The lowest BCUT2D eigenvalue weighted by molar-refractivity contribution is 0.355. The lowest BCUT2D eigenvalue weighted by atomic mass is 9.86. The first-order chi connectivity index (χ1) is 7.72. The molecule has 1 aromatic rings. The molecule has 2 unspecified atom stereocenters. The fraction of sp³-hybridized carbons (Fsp3) is 0.538. The first kappa shape index (κ1) is 10.5. The maximum absolute atomic E-state index is 13.1. The van der Waals surface area contributed by atoms with Crippen LogP contribution in [0.2, 0.25) is 5.02 Å². The molecule has 2 atom stereocenters. The summed E-state index contributed by atoms with van der Waals surface area (Å²) in [6.07, 6.45) is 4.68. The first-order valence-corrected chi connectivity index (χ1v) is 6.25. The number of fused-ring (bicyclic) bond motifs is 2. The molecule has 0 amide bonds. The molecule has 0 N–H and O–H groups in total. The third-order valence-corrected chi connectivity index (χ3v) is 4.07. The van der Waals surface area contributed by atoms with Crippen molar-refractivity contribution in [2.75, 3.05) is 0 Å². The molecule has 2 aliphatic rings. The molecule has 3 heteroatoms. The van der Waals surface area contributed by atoms with Crippen molar-refractivity contribution in [1.82, 2.24) is 5.32 Å². The molecule has 2 bridgehead atoms. The third-order valence-electron chi connectivity index (χ3n) is 3.78. The Bertz CT molecular complexity index is 395. The zero-order valence-corrected chi connectivity index (χ0v) is 9.75. The Balaban J connectivity index is 1.84. The van der Waals surface area contributed by atoms with E-state index in [0.717, 1.165) is 12.8 Å². The van der Waals surface area contributed by atoms with Gasteiger partial charge in [0, 0.05) is 12.1 Å². The molecular formula is C13H14ClFN. The van der Waals surface area contributed by atoms with Crippen molar-refractivity contribution in [1.29, 1.82) is 0 Å². The van der Waals surface area contributed by atoms with Gasteiger partial charge in [-0.3, -0.25) is 0 Å². The molecular weight excluding hydrogens is 225 g/mol. The fourth-order valence-electron chi connectivity index (χ4n) is 2.98. The first-order valence-electron chi connectivity index (χ1n) is 5.87. The minimum Gasteiger partial charge on any atom is -0.235 e. The maximum atomic E-state index is 13.1. The van der Waals surface area contributed by atoms with Crippen molar-refractivity contribution < 1.29 is 4.39 Å². The van der Waals surface area contributed by atoms with E-state index < -0.39 is 0 Å². The minimum atomic E-state index is -0.325. The summed E-state index contributed by atoms with van der Waals surface area (Å²) in [6.45, 7) is 0. The van der Waals surface area contributed by atoms with E-state index in [1.165, 1.54) is 24.5 Å². The zero-order valence-electron chi connectivity index (χ0n) is 9.00. The summed E-state index contributed by atoms with van der Waals surface area (Å²) in [6, 6.07) is 6.20. The van der Waals surface area contributed by atoms with Gasteiger partial charge in [-0.15, -0.1) is 0 Å². The summed E-state index contributed by atoms with van der Waals surface area (Å²) in [4.78, 5) is 0. The summed E-state index contributed by atoms with van der Waals surface area (Å²) in [5, 5.41) is 4.95. The van der Waals surface area contributed by atoms with E-state index in [2.05, 4.69) is 0 Å². The van der Waals surface area contributed by atoms with Crippen LogP contribution in [0, 0.1) is 5.82 Å². The van der Waals surface area contributed by atoms with Gasteiger partial charge >= 0.3 is 0 Å². The summed E-state index contributed by atoms with van der Waals surface area (Å²) in [7, 11) is 0. The molecule has 1 radical (unpaired) electrons. The van der Waals surface area contributed by atoms with E-state index in [0.29, 0.717) is 18.0 Å². The average molecular weight is 239 g/mol. The van der Waals surface area contributed by atoms with Crippen LogP contribution in [-0.4, -0.2) is 12.1 Å². The fourth-order valence-corrected chi connectivity index (χ4v) is 3.17. The second-order valence-corrected chi connectivity index (χ2v) is 5.28. The van der Waals surface area contributed by atoms with Crippen molar-refractivity contribution >= 4 is 11.6 Å². The smallest absolute Gasteiger partial charge is 0.141 e. The van der Waals surface area contributed by atoms with Gasteiger partial charge in [-0.1, -0.05) is 17.7 Å². The number of hydrogen-bond donors (Lipinski definition) is 0. The zero-order chi connectivity index (χ0) is 11.1. The van der Waals surface area contributed by atoms with E-state index in [1.54, 1.807) is 6.07 Å². The predicted octanol–water partition coefficient (Wildman–Crippen LogP) is 3.49. The highest BCUT2D eigenvalue weighted by Gasteiger charge is 2.35. The quantitative estimate of drug-likeness (QED) is 0.711. The van der Waals surface area contributed by atoms with E-state index in [9.17, 15) is 4.39 Å². The van der Waals surface area contributed by atoms with Crippen molar-refractivity contribution in [3.8, 4) is 0 Å². The van der Waals surface area contributed by atoms with Gasteiger partial charge in [0.15, 0.2) is 0 Å². The maximum Gasteiger partial charge on any atom is 0.141 e. The Labute approximate surface area is 100.0 Å². The van der Waals surface area contributed by atoms with Gasteiger partial charge in [-0.25, -0.2) is 9.71 Å². The summed E-state index contributed by atoms with van der Waals surface area (Å²) in [5.41, 5.74) is 1.18. The van der Waals surface area contributed by atoms with Crippen molar-refractivity contribution in [3.05, 3.63) is 34.6 Å². The summed E-state index contributed by atoms with van der Waals surface area (Å²) in [5.74, 6) is 0.196. The monoisotopic (exact) mass is 238 g/mol. The third kappa shape index (κ3) is 1.85. The molecule has 0 saturated carbocycles. The van der Waals surface area contributed by atoms with Crippen LogP contribution in [0.5, 0.6) is 0 Å². The van der Waals surface area contributed by atoms with Crippen molar-refractivity contribution in [2.24, 2.45) is 0 Å². The largest absolute Gasteiger partial charge is 0.235 e. The van der Waals surface area contributed by atoms with E-state index in [-0.39, 0.29) is 10.8 Å². The van der Waals surface area contributed by atoms with Crippen LogP contribution in [0.3, 0.4) is 0 Å². The lowest BCUT2D eigenvalue weighted by Crippen LogP contribution is -2.31. The molecule has 0 spiro atoms. The van der Waals surface area contributed by atoms with E-state index in [1.807, 2.05) is 6.07 Å². The van der Waals surface area contributed by atoms with Crippen LogP contribution in [0.4, 0.5) is 4.39 Å². The molecule has 2 heterocycles. The van der Waals surface area contributed by atoms with Crippen LogP contribution in [0.15, 0.2) is 18.2 Å². The topological polar surface area (TPSA) is 14.1 Å². The highest BCUT2D eigenvalue weighted by Crippen LogP contribution is 2.38. The SMILES string of the molecule is Fc1ccc(C2CC3CCC(C2)[N]3)cc1Cl. The molecule has 85 valence electrons. The standard InChI is InChI=1S/C13H14ClFN/c14-12-7-8(1-4-13(12)15)9-5-10-2-3-11(6-9)16-10/h1,4,7,9-11H,2-3,5-6H2. The molecule has 2 saturated heterocycles. The Morgan fingerprint density at radius 1 is 1.19 bits per heavy atom. The second-order valence-electron chi connectivity index (χ2n) is 4.88. The molecule has 0 aromatic heterocycles. The van der Waals surface area contributed by atoms with Gasteiger partial charge in [0.25, 0.3) is 0 Å². The molecule has 1 nitrogen and oxygen atoms in total. The molecule has 0 aliphatic carbocycles. The Morgan fingerprint density at radius 2 is 1.88 bits per heavy atom. The highest BCUT2D eigenvalue weighted by molar-refractivity contribution is 6.30. The minimum absolute atomic E-state index is 0.243. The van der Waals surface area contributed by atoms with Gasteiger partial charge in [0.1, 0.15) is 5.82 Å². The van der Waals surface area contributed by atoms with Crippen LogP contribution in [-0.2, 0) is 0 Å². The molecule has 3 rings (SSSR count). The van der Waals surface area contributed by atoms with Gasteiger partial charge in [0.2, 0.25) is 0 Å². The average Bonchev–Trinajstić information content (AvgIpc) is 2.62. The van der Waals surface area contributed by atoms with Crippen LogP contribution < -0.4 is 5.32 Å². The number of halogens is 2. The molecule has 16 heavy (non-hydrogen) atoms. The number of hydrogen-bond acceptors (Lipinski definition) is 0. The van der Waals surface area contributed by atoms with Gasteiger partial charge in [-0.2, -0.15) is 0 Å². The normalized spacial score (nSPS) is 33.0. The number of rotatable bonds is 1. The molecule has 2 aliphatic heterocycles. The Morgan fingerprint density at radius 3 is 2.50 bits per heavy atom. The predicted molar refractivity (Wildman–Crippen MR) is 62.3 cm³/mol. The Hall–Kier alpha value is -0.600. The van der Waals surface area contributed by atoms with E-state index in [4.69, 9.17) is 16.9 Å². The van der Waals surface area contributed by atoms with Crippen LogP contribution in [0.1, 0.15) is 37.2 Å². The van der Waals surface area contributed by atoms with E-state index >= 15 is 0 Å². The van der Waals surface area contributed by atoms with Crippen LogP contribution in [0.25, 0.3) is 0 Å². The summed E-state index contributed by atoms with van der Waals surface area (Å²) < 4.78 is 13.1. The van der Waals surface area contributed by atoms with Crippen molar-refractivity contribution in [2.45, 2.75) is 43.7 Å². The molecule has 1 aromatic carbocycles. The van der Waals surface area contributed by atoms with Gasteiger partial charge in [0.05, 0.1) is 5.02 Å². The molecule has 2 fully saturated rings. The van der Waals surface area contributed by atoms with Crippen LogP contribution >= 0.6 is 11.6 Å². The summed E-state index contributed by atoms with van der Waals surface area (Å²) >= 11 is 5.82. The lowest BCUT2D eigenvalue weighted by Gasteiger charge is -2.28. The highest BCUT2D eigenvalue weighted by atomic mass is 35.5. The van der Waals surface area contributed by atoms with Crippen molar-refractivity contribution in [3.63, 3.8) is 0 Å². The second kappa shape index (κ2) is 4.01. The van der Waals surface area contributed by atoms with Gasteiger partial charge in [-0.05, 0) is 49.3 Å².